The molecule has 0 saturated carbocycles. The van der Waals surface area contributed by atoms with Gasteiger partial charge in [0.25, 0.3) is 0 Å². The van der Waals surface area contributed by atoms with E-state index in [0.717, 1.165) is 17.3 Å². The lowest BCUT2D eigenvalue weighted by atomic mass is 10.4. The summed E-state index contributed by atoms with van der Waals surface area (Å²) >= 11 is 1.64. The normalized spacial score (nSPS) is 20.9. The fraction of sp³-hybridized carbons (Fsp3) is 0.333. The predicted octanol–water partition coefficient (Wildman–Crippen LogP) is 2.32. The summed E-state index contributed by atoms with van der Waals surface area (Å²) in [4.78, 5) is 0.977. The predicted molar refractivity (Wildman–Crippen MR) is 46.9 cm³/mol. The minimum atomic E-state index is -0.170. The van der Waals surface area contributed by atoms with Crippen molar-refractivity contribution in [3.05, 3.63) is 30.1 Å². The number of hydrogen-bond donors (Lipinski definition) is 0. The molecule has 0 aliphatic carbocycles. The van der Waals surface area contributed by atoms with Gasteiger partial charge in [0.2, 0.25) is 0 Å². The molecular formula is C9H9FOS. The first-order valence-electron chi connectivity index (χ1n) is 3.84. The third-order valence-corrected chi connectivity index (χ3v) is 2.76. The molecule has 1 saturated heterocycles. The Morgan fingerprint density at radius 2 is 2.42 bits per heavy atom. The zero-order valence-corrected chi connectivity index (χ0v) is 7.31. The lowest BCUT2D eigenvalue weighted by Crippen LogP contribution is -1.88. The van der Waals surface area contributed by atoms with Crippen molar-refractivity contribution in [2.24, 2.45) is 0 Å². The highest BCUT2D eigenvalue weighted by atomic mass is 32.2. The van der Waals surface area contributed by atoms with Crippen molar-refractivity contribution >= 4 is 11.8 Å². The Hall–Kier alpha value is -0.540. The minimum absolute atomic E-state index is 0.170. The molecule has 3 heteroatoms. The zero-order chi connectivity index (χ0) is 8.39. The van der Waals surface area contributed by atoms with E-state index in [1.165, 1.54) is 6.07 Å². The van der Waals surface area contributed by atoms with Gasteiger partial charge in [-0.3, -0.25) is 0 Å². The molecule has 1 unspecified atom stereocenters. The van der Waals surface area contributed by atoms with Gasteiger partial charge in [0.05, 0.1) is 12.7 Å². The Kier molecular flexibility index (Phi) is 2.33. The van der Waals surface area contributed by atoms with Crippen molar-refractivity contribution in [1.29, 1.82) is 0 Å². The van der Waals surface area contributed by atoms with Gasteiger partial charge in [-0.15, -0.1) is 11.8 Å². The summed E-state index contributed by atoms with van der Waals surface area (Å²) in [5, 5.41) is 0. The van der Waals surface area contributed by atoms with E-state index < -0.39 is 0 Å². The van der Waals surface area contributed by atoms with E-state index in [0.29, 0.717) is 6.10 Å². The lowest BCUT2D eigenvalue weighted by molar-refractivity contribution is 0.426. The lowest BCUT2D eigenvalue weighted by Gasteiger charge is -1.97. The molecule has 1 heterocycles. The molecule has 0 spiro atoms. The number of rotatable bonds is 3. The first kappa shape index (κ1) is 8.08. The summed E-state index contributed by atoms with van der Waals surface area (Å²) in [6.45, 7) is 0.863. The van der Waals surface area contributed by atoms with E-state index in [9.17, 15) is 4.39 Å². The molecule has 1 aromatic rings. The Morgan fingerprint density at radius 1 is 1.58 bits per heavy atom. The van der Waals surface area contributed by atoms with Crippen molar-refractivity contribution < 1.29 is 9.13 Å². The molecule has 0 amide bonds. The number of hydrogen-bond acceptors (Lipinski definition) is 2. The Balaban J connectivity index is 1.92. The minimum Gasteiger partial charge on any atom is -0.372 e. The van der Waals surface area contributed by atoms with Crippen molar-refractivity contribution in [2.45, 2.75) is 11.0 Å². The summed E-state index contributed by atoms with van der Waals surface area (Å²) < 4.78 is 17.7. The van der Waals surface area contributed by atoms with Crippen molar-refractivity contribution in [2.75, 3.05) is 12.4 Å². The maximum atomic E-state index is 12.7. The highest BCUT2D eigenvalue weighted by Gasteiger charge is 2.22. The standard InChI is InChI=1S/C9H9FOS/c10-7-2-1-3-9(4-7)12-6-8-5-11-8/h1-4,8H,5-6H2. The van der Waals surface area contributed by atoms with Gasteiger partial charge in [0, 0.05) is 10.6 Å². The van der Waals surface area contributed by atoms with Crippen LogP contribution in [-0.4, -0.2) is 18.5 Å². The van der Waals surface area contributed by atoms with Gasteiger partial charge in [0.1, 0.15) is 5.82 Å². The Labute approximate surface area is 74.9 Å². The number of epoxide rings is 1. The first-order chi connectivity index (χ1) is 5.84. The van der Waals surface area contributed by atoms with Gasteiger partial charge in [-0.2, -0.15) is 0 Å². The molecule has 1 nitrogen and oxygen atoms in total. The van der Waals surface area contributed by atoms with Crippen LogP contribution in [0.25, 0.3) is 0 Å². The molecule has 64 valence electrons. The Bertz CT molecular complexity index is 273. The summed E-state index contributed by atoms with van der Waals surface area (Å²) in [6, 6.07) is 6.65. The van der Waals surface area contributed by atoms with E-state index in [1.54, 1.807) is 23.9 Å². The monoisotopic (exact) mass is 184 g/mol. The third kappa shape index (κ3) is 2.22. The molecule has 0 radical (unpaired) electrons. The second kappa shape index (κ2) is 3.46. The van der Waals surface area contributed by atoms with E-state index in [1.807, 2.05) is 6.07 Å². The van der Waals surface area contributed by atoms with Gasteiger partial charge in [-0.1, -0.05) is 6.07 Å². The molecule has 1 fully saturated rings. The van der Waals surface area contributed by atoms with Gasteiger partial charge >= 0.3 is 0 Å². The van der Waals surface area contributed by atoms with Crippen LogP contribution >= 0.6 is 11.8 Å². The molecule has 0 bridgehead atoms. The average molecular weight is 184 g/mol. The number of halogens is 1. The second-order valence-electron chi connectivity index (χ2n) is 2.72. The number of benzene rings is 1. The van der Waals surface area contributed by atoms with Crippen LogP contribution in [0.2, 0.25) is 0 Å². The molecule has 0 aromatic heterocycles. The molecule has 1 atom stereocenters. The Morgan fingerprint density at radius 3 is 3.08 bits per heavy atom. The van der Waals surface area contributed by atoms with Crippen LogP contribution in [0.4, 0.5) is 4.39 Å². The van der Waals surface area contributed by atoms with Gasteiger partial charge in [-0.05, 0) is 18.2 Å². The smallest absolute Gasteiger partial charge is 0.124 e. The summed E-state index contributed by atoms with van der Waals surface area (Å²) in [6.07, 6.45) is 0.401. The molecule has 12 heavy (non-hydrogen) atoms. The summed E-state index contributed by atoms with van der Waals surface area (Å²) in [5.74, 6) is 0.764. The molecule has 1 aliphatic heterocycles. The largest absolute Gasteiger partial charge is 0.372 e. The van der Waals surface area contributed by atoms with Crippen LogP contribution in [0.3, 0.4) is 0 Å². The van der Waals surface area contributed by atoms with Crippen LogP contribution in [0, 0.1) is 5.82 Å². The van der Waals surface area contributed by atoms with Crippen LogP contribution < -0.4 is 0 Å². The molecule has 1 aromatic carbocycles. The maximum absolute atomic E-state index is 12.7. The van der Waals surface area contributed by atoms with E-state index in [2.05, 4.69) is 0 Å². The van der Waals surface area contributed by atoms with Crippen molar-refractivity contribution in [3.63, 3.8) is 0 Å². The molecule has 0 N–H and O–H groups in total. The quantitative estimate of drug-likeness (QED) is 0.528. The van der Waals surface area contributed by atoms with Crippen molar-refractivity contribution in [3.8, 4) is 0 Å². The fourth-order valence-electron chi connectivity index (χ4n) is 0.910. The van der Waals surface area contributed by atoms with Gasteiger partial charge < -0.3 is 4.74 Å². The molecular weight excluding hydrogens is 175 g/mol. The highest BCUT2D eigenvalue weighted by Crippen LogP contribution is 2.23. The van der Waals surface area contributed by atoms with Crippen LogP contribution in [0.15, 0.2) is 29.2 Å². The van der Waals surface area contributed by atoms with Crippen LogP contribution in [0.1, 0.15) is 0 Å². The van der Waals surface area contributed by atoms with Crippen LogP contribution in [0.5, 0.6) is 0 Å². The average Bonchev–Trinajstić information content (AvgIpc) is 2.84. The summed E-state index contributed by atoms with van der Waals surface area (Å²) in [5.41, 5.74) is 0. The van der Waals surface area contributed by atoms with Gasteiger partial charge in [0.15, 0.2) is 0 Å². The topological polar surface area (TPSA) is 12.5 Å². The number of ether oxygens (including phenoxy) is 1. The first-order valence-corrected chi connectivity index (χ1v) is 4.83. The van der Waals surface area contributed by atoms with E-state index in [4.69, 9.17) is 4.74 Å². The van der Waals surface area contributed by atoms with E-state index in [-0.39, 0.29) is 5.82 Å². The fourth-order valence-corrected chi connectivity index (χ4v) is 1.85. The van der Waals surface area contributed by atoms with Crippen molar-refractivity contribution in [1.82, 2.24) is 0 Å². The summed E-state index contributed by atoms with van der Waals surface area (Å²) in [7, 11) is 0. The molecule has 1 aliphatic rings. The van der Waals surface area contributed by atoms with E-state index >= 15 is 0 Å². The maximum Gasteiger partial charge on any atom is 0.124 e. The second-order valence-corrected chi connectivity index (χ2v) is 3.82. The van der Waals surface area contributed by atoms with Crippen LogP contribution in [-0.2, 0) is 4.74 Å². The highest BCUT2D eigenvalue weighted by molar-refractivity contribution is 7.99. The SMILES string of the molecule is Fc1cccc(SCC2CO2)c1. The number of thioether (sulfide) groups is 1. The molecule has 2 rings (SSSR count). The zero-order valence-electron chi connectivity index (χ0n) is 6.50. The third-order valence-electron chi connectivity index (χ3n) is 1.63. The van der Waals surface area contributed by atoms with Gasteiger partial charge in [-0.25, -0.2) is 4.39 Å².